The number of alkyl halides is 3. The summed E-state index contributed by atoms with van der Waals surface area (Å²) in [5.74, 6) is 1.08. The van der Waals surface area contributed by atoms with Crippen LogP contribution in [0, 0.1) is 11.8 Å². The molecule has 2 unspecified atom stereocenters. The molecular weight excluding hydrogens is 633 g/mol. The number of benzene rings is 2. The second-order valence-corrected chi connectivity index (χ2v) is 15.4. The topological polar surface area (TPSA) is 79.3 Å². The second kappa shape index (κ2) is 12.1. The van der Waals surface area contributed by atoms with Crippen molar-refractivity contribution in [3.8, 4) is 11.5 Å². The van der Waals surface area contributed by atoms with Crippen LogP contribution in [0.4, 0.5) is 13.2 Å². The predicted octanol–water partition coefficient (Wildman–Crippen LogP) is 6.69. The van der Waals surface area contributed by atoms with Gasteiger partial charge in [0, 0.05) is 37.7 Å². The monoisotopic (exact) mass is 678 g/mol. The van der Waals surface area contributed by atoms with Crippen molar-refractivity contribution in [2.75, 3.05) is 19.6 Å². The smallest absolute Gasteiger partial charge is 0.416 e. The number of aliphatic hydroxyl groups is 1. The summed E-state index contributed by atoms with van der Waals surface area (Å²) in [6.45, 7) is 3.65. The van der Waals surface area contributed by atoms with E-state index in [1.807, 2.05) is 11.0 Å². The van der Waals surface area contributed by atoms with Crippen LogP contribution in [0.15, 0.2) is 42.5 Å². The Morgan fingerprint density at radius 3 is 2.59 bits per heavy atom. The Hall–Kier alpha value is -3.37. The molecule has 262 valence electrons. The van der Waals surface area contributed by atoms with Crippen molar-refractivity contribution in [2.24, 2.45) is 11.8 Å². The van der Waals surface area contributed by atoms with E-state index in [-0.39, 0.29) is 18.0 Å². The SMILES string of the molecule is CC(=O)Oc1ccc2c3c1OC1C(N(CC4CCCCC4)C(=O)/C=C/c4cccc(C(F)(F)F)c4)CC[C@@]4(O)[C@@H](C2)N(CC2CC2)CC[C@]314. The molecule has 2 heterocycles. The molecule has 1 saturated heterocycles. The molecule has 1 N–H and O–H groups in total. The number of ether oxygens (including phenoxy) is 2. The Kier molecular flexibility index (Phi) is 8.13. The normalized spacial score (nSPS) is 30.9. The molecule has 7 nitrogen and oxygen atoms in total. The van der Waals surface area contributed by atoms with Gasteiger partial charge in [-0.15, -0.1) is 0 Å². The number of nitrogens with zero attached hydrogens (tertiary/aromatic N) is 2. The third kappa shape index (κ3) is 5.57. The fourth-order valence-corrected chi connectivity index (χ4v) is 10.1. The largest absolute Gasteiger partial charge is 0.483 e. The fraction of sp³-hybridized carbons (Fsp3) is 0.590. The first-order chi connectivity index (χ1) is 23.5. The van der Waals surface area contributed by atoms with Gasteiger partial charge in [-0.25, -0.2) is 0 Å². The fourth-order valence-electron chi connectivity index (χ4n) is 10.1. The molecule has 2 aromatic carbocycles. The molecule has 1 spiro atoms. The average Bonchev–Trinajstić information content (AvgIpc) is 3.82. The van der Waals surface area contributed by atoms with Crippen molar-refractivity contribution in [1.29, 1.82) is 0 Å². The number of hydrogen-bond donors (Lipinski definition) is 1. The lowest BCUT2D eigenvalue weighted by atomic mass is 9.48. The van der Waals surface area contributed by atoms with Gasteiger partial charge >= 0.3 is 12.1 Å². The minimum atomic E-state index is -4.48. The number of amides is 1. The van der Waals surface area contributed by atoms with E-state index in [2.05, 4.69) is 4.90 Å². The van der Waals surface area contributed by atoms with Gasteiger partial charge in [-0.2, -0.15) is 13.2 Å². The van der Waals surface area contributed by atoms with Crippen LogP contribution in [0.3, 0.4) is 0 Å². The van der Waals surface area contributed by atoms with Crippen molar-refractivity contribution in [2.45, 2.75) is 113 Å². The number of carbonyl (C=O) groups is 2. The minimum Gasteiger partial charge on any atom is -0.483 e. The van der Waals surface area contributed by atoms with Crippen LogP contribution >= 0.6 is 0 Å². The predicted molar refractivity (Wildman–Crippen MR) is 177 cm³/mol. The molecule has 1 amide bonds. The van der Waals surface area contributed by atoms with Crippen LogP contribution in [0.25, 0.3) is 6.08 Å². The van der Waals surface area contributed by atoms with E-state index in [9.17, 15) is 27.9 Å². The highest BCUT2D eigenvalue weighted by molar-refractivity contribution is 5.92. The number of piperidine rings is 1. The third-order valence-corrected chi connectivity index (χ3v) is 12.5. The highest BCUT2D eigenvalue weighted by Gasteiger charge is 2.73. The summed E-state index contributed by atoms with van der Waals surface area (Å²) in [7, 11) is 0. The minimum absolute atomic E-state index is 0.0878. The summed E-state index contributed by atoms with van der Waals surface area (Å²) in [6, 6.07) is 8.34. The van der Waals surface area contributed by atoms with Gasteiger partial charge in [0.25, 0.3) is 0 Å². The Balaban J connectivity index is 1.19. The van der Waals surface area contributed by atoms with Gasteiger partial charge in [-0.05, 0) is 105 Å². The van der Waals surface area contributed by atoms with E-state index < -0.39 is 34.8 Å². The highest BCUT2D eigenvalue weighted by Crippen LogP contribution is 2.66. The molecule has 10 heteroatoms. The number of halogens is 3. The van der Waals surface area contributed by atoms with Gasteiger partial charge in [0.2, 0.25) is 5.91 Å². The van der Waals surface area contributed by atoms with Crippen LogP contribution in [0.5, 0.6) is 11.5 Å². The molecule has 6 aliphatic rings. The molecule has 2 aromatic rings. The number of esters is 1. The van der Waals surface area contributed by atoms with Gasteiger partial charge in [0.15, 0.2) is 11.5 Å². The van der Waals surface area contributed by atoms with Gasteiger partial charge < -0.3 is 19.5 Å². The van der Waals surface area contributed by atoms with Crippen molar-refractivity contribution in [3.63, 3.8) is 0 Å². The third-order valence-electron chi connectivity index (χ3n) is 12.5. The summed E-state index contributed by atoms with van der Waals surface area (Å²) in [5, 5.41) is 13.1. The van der Waals surface area contributed by atoms with E-state index in [1.54, 1.807) is 12.1 Å². The molecule has 2 aliphatic heterocycles. The summed E-state index contributed by atoms with van der Waals surface area (Å²) in [4.78, 5) is 31.0. The van der Waals surface area contributed by atoms with Crippen LogP contribution in [-0.2, 0) is 27.6 Å². The summed E-state index contributed by atoms with van der Waals surface area (Å²) >= 11 is 0. The molecule has 49 heavy (non-hydrogen) atoms. The lowest BCUT2D eigenvalue weighted by molar-refractivity contribution is -0.201. The second-order valence-electron chi connectivity index (χ2n) is 15.4. The maximum Gasteiger partial charge on any atom is 0.416 e. The van der Waals surface area contributed by atoms with Gasteiger partial charge in [0.05, 0.1) is 22.6 Å². The Morgan fingerprint density at radius 2 is 1.86 bits per heavy atom. The zero-order valence-electron chi connectivity index (χ0n) is 28.0. The van der Waals surface area contributed by atoms with E-state index >= 15 is 0 Å². The molecule has 4 aliphatic carbocycles. The first-order valence-electron chi connectivity index (χ1n) is 18.1. The summed E-state index contributed by atoms with van der Waals surface area (Å²) in [6.07, 6.45) is 7.99. The van der Waals surface area contributed by atoms with Crippen LogP contribution in [0.2, 0.25) is 0 Å². The van der Waals surface area contributed by atoms with Crippen LogP contribution in [-0.4, -0.2) is 70.2 Å². The summed E-state index contributed by atoms with van der Waals surface area (Å²) in [5.41, 5.74) is -0.328. The van der Waals surface area contributed by atoms with Crippen molar-refractivity contribution < 1.29 is 37.3 Å². The van der Waals surface area contributed by atoms with E-state index in [0.29, 0.717) is 61.1 Å². The highest BCUT2D eigenvalue weighted by atomic mass is 19.4. The molecule has 0 aromatic heterocycles. The zero-order chi connectivity index (χ0) is 34.1. The van der Waals surface area contributed by atoms with Gasteiger partial charge in [-0.1, -0.05) is 37.5 Å². The Labute approximate surface area is 285 Å². The summed E-state index contributed by atoms with van der Waals surface area (Å²) < 4.78 is 53.0. The first kappa shape index (κ1) is 32.8. The number of hydrogen-bond acceptors (Lipinski definition) is 6. The Bertz CT molecular complexity index is 1670. The Morgan fingerprint density at radius 1 is 1.06 bits per heavy atom. The van der Waals surface area contributed by atoms with E-state index in [1.165, 1.54) is 44.4 Å². The number of carbonyl (C=O) groups excluding carboxylic acids is 2. The maximum atomic E-state index is 14.4. The molecular formula is C39H45F3N2O5. The quantitative estimate of drug-likeness (QED) is 0.191. The van der Waals surface area contributed by atoms with Crippen molar-refractivity contribution >= 4 is 18.0 Å². The van der Waals surface area contributed by atoms with E-state index in [0.717, 1.165) is 62.0 Å². The molecule has 2 bridgehead atoms. The molecule has 3 saturated carbocycles. The van der Waals surface area contributed by atoms with Gasteiger partial charge in [0.1, 0.15) is 6.10 Å². The van der Waals surface area contributed by atoms with Crippen LogP contribution in [0.1, 0.15) is 93.4 Å². The van der Waals surface area contributed by atoms with Crippen molar-refractivity contribution in [3.05, 3.63) is 64.7 Å². The van der Waals surface area contributed by atoms with Crippen molar-refractivity contribution in [1.82, 2.24) is 9.80 Å². The molecule has 8 rings (SSSR count). The lowest BCUT2D eigenvalue weighted by Gasteiger charge is -2.65. The average molecular weight is 679 g/mol. The molecule has 4 fully saturated rings. The number of rotatable bonds is 8. The first-order valence-corrected chi connectivity index (χ1v) is 18.1. The number of likely N-dealkylation sites (tertiary alicyclic amines) is 1. The van der Waals surface area contributed by atoms with E-state index in [4.69, 9.17) is 9.47 Å². The molecule has 0 radical (unpaired) electrons. The lowest BCUT2D eigenvalue weighted by Crippen LogP contribution is -2.78. The standard InChI is InChI=1S/C39H45F3N2O5/c1-24(45)48-31-14-13-28-21-32-38(47)17-16-30(36-37(38,34(28)35(31)49-36)18-19-43(32)22-27-10-11-27)44(23-26-6-3-2-4-7-26)33(46)15-12-25-8-5-9-29(20-25)39(40,41)42/h5,8-9,12-15,20,26-27,30,32,36,47H,2-4,6-7,10-11,16-19,21-23H2,1H3/b15-12+/t30?,32-,36?,37+,38-/m1/s1. The zero-order valence-corrected chi connectivity index (χ0v) is 28.0. The van der Waals surface area contributed by atoms with Crippen LogP contribution < -0.4 is 9.47 Å². The maximum absolute atomic E-state index is 14.4. The van der Waals surface area contributed by atoms with Gasteiger partial charge in [-0.3, -0.25) is 14.5 Å². The molecule has 5 atom stereocenters.